The lowest BCUT2D eigenvalue weighted by Gasteiger charge is -2.08. The van der Waals surface area contributed by atoms with Gasteiger partial charge in [-0.05, 0) is 49.9 Å². The molecule has 1 aromatic carbocycles. The van der Waals surface area contributed by atoms with Crippen molar-refractivity contribution >= 4 is 5.78 Å². The zero-order chi connectivity index (χ0) is 10.7. The second-order valence-electron chi connectivity index (χ2n) is 3.92. The number of aryl methyl sites for hydroxylation is 3. The van der Waals surface area contributed by atoms with Gasteiger partial charge in [0.1, 0.15) is 0 Å². The van der Waals surface area contributed by atoms with Gasteiger partial charge >= 0.3 is 0 Å². The van der Waals surface area contributed by atoms with Crippen LogP contribution in [0.4, 0.5) is 0 Å². The van der Waals surface area contributed by atoms with E-state index in [4.69, 9.17) is 0 Å². The number of Topliss-reactive ketones (excluding diaryl/α,β-unsaturated/α-hetero) is 1. The minimum Gasteiger partial charge on any atom is -0.294 e. The van der Waals surface area contributed by atoms with E-state index in [1.807, 2.05) is 19.9 Å². The Morgan fingerprint density at radius 2 is 1.64 bits per heavy atom. The average molecular weight is 190 g/mol. The van der Waals surface area contributed by atoms with Gasteiger partial charge in [0.05, 0.1) is 0 Å². The summed E-state index contributed by atoms with van der Waals surface area (Å²) < 4.78 is 0. The highest BCUT2D eigenvalue weighted by Crippen LogP contribution is 2.17. The Kier molecular flexibility index (Phi) is 3.45. The molecule has 0 atom stereocenters. The van der Waals surface area contributed by atoms with Crippen LogP contribution in [0.1, 0.15) is 46.8 Å². The Morgan fingerprint density at radius 1 is 1.07 bits per heavy atom. The molecule has 0 aromatic heterocycles. The highest BCUT2D eigenvalue weighted by atomic mass is 16.1. The second-order valence-corrected chi connectivity index (χ2v) is 3.92. The quantitative estimate of drug-likeness (QED) is 0.666. The molecule has 0 bridgehead atoms. The lowest BCUT2D eigenvalue weighted by molar-refractivity contribution is 0.0981. The molecule has 0 saturated heterocycles. The summed E-state index contributed by atoms with van der Waals surface area (Å²) in [6.45, 7) is 8.18. The van der Waals surface area contributed by atoms with Crippen LogP contribution in [0.25, 0.3) is 0 Å². The first-order chi connectivity index (χ1) is 6.56. The van der Waals surface area contributed by atoms with Gasteiger partial charge in [0.25, 0.3) is 0 Å². The molecule has 0 heterocycles. The zero-order valence-corrected chi connectivity index (χ0v) is 9.48. The van der Waals surface area contributed by atoms with Crippen molar-refractivity contribution in [2.75, 3.05) is 0 Å². The summed E-state index contributed by atoms with van der Waals surface area (Å²) in [6, 6.07) is 4.11. The molecule has 0 aliphatic carbocycles. The fourth-order valence-corrected chi connectivity index (χ4v) is 1.62. The van der Waals surface area contributed by atoms with Crippen LogP contribution in [0.15, 0.2) is 12.1 Å². The molecule has 76 valence electrons. The van der Waals surface area contributed by atoms with Gasteiger partial charge in [0.15, 0.2) is 5.78 Å². The molecule has 1 heteroatoms. The number of rotatable bonds is 3. The van der Waals surface area contributed by atoms with Crippen LogP contribution >= 0.6 is 0 Å². The molecule has 0 aliphatic rings. The lowest BCUT2D eigenvalue weighted by atomic mass is 9.96. The SMILES string of the molecule is CCCC(=O)c1cc(C)c(C)cc1C. The van der Waals surface area contributed by atoms with Gasteiger partial charge in [0.2, 0.25) is 0 Å². The number of carbonyl (C=O) groups is 1. The first-order valence-corrected chi connectivity index (χ1v) is 5.17. The molecule has 0 unspecified atom stereocenters. The van der Waals surface area contributed by atoms with Crippen molar-refractivity contribution in [1.82, 2.24) is 0 Å². The maximum Gasteiger partial charge on any atom is 0.163 e. The van der Waals surface area contributed by atoms with Crippen molar-refractivity contribution in [3.05, 3.63) is 34.4 Å². The fourth-order valence-electron chi connectivity index (χ4n) is 1.62. The van der Waals surface area contributed by atoms with Crippen molar-refractivity contribution in [1.29, 1.82) is 0 Å². The molecular weight excluding hydrogens is 172 g/mol. The minimum atomic E-state index is 0.271. The highest BCUT2D eigenvalue weighted by molar-refractivity contribution is 5.97. The molecular formula is C13H18O. The maximum absolute atomic E-state index is 11.7. The minimum absolute atomic E-state index is 0.271. The number of hydrogen-bond acceptors (Lipinski definition) is 1. The normalized spacial score (nSPS) is 10.3. The molecule has 14 heavy (non-hydrogen) atoms. The molecule has 0 spiro atoms. The van der Waals surface area contributed by atoms with E-state index in [2.05, 4.69) is 19.9 Å². The van der Waals surface area contributed by atoms with Gasteiger partial charge in [-0.25, -0.2) is 0 Å². The number of hydrogen-bond donors (Lipinski definition) is 0. The van der Waals surface area contributed by atoms with Gasteiger partial charge in [-0.15, -0.1) is 0 Å². The van der Waals surface area contributed by atoms with E-state index >= 15 is 0 Å². The lowest BCUT2D eigenvalue weighted by Crippen LogP contribution is -2.02. The van der Waals surface area contributed by atoms with Crippen LogP contribution in [-0.4, -0.2) is 5.78 Å². The van der Waals surface area contributed by atoms with Crippen LogP contribution in [-0.2, 0) is 0 Å². The number of carbonyl (C=O) groups excluding carboxylic acids is 1. The van der Waals surface area contributed by atoms with Gasteiger partial charge in [-0.2, -0.15) is 0 Å². The van der Waals surface area contributed by atoms with Crippen molar-refractivity contribution in [2.24, 2.45) is 0 Å². The fraction of sp³-hybridized carbons (Fsp3) is 0.462. The molecule has 0 amide bonds. The number of ketones is 1. The van der Waals surface area contributed by atoms with Crippen LogP contribution < -0.4 is 0 Å². The Bertz CT molecular complexity index is 350. The predicted octanol–water partition coefficient (Wildman–Crippen LogP) is 3.59. The van der Waals surface area contributed by atoms with E-state index in [0.717, 1.165) is 17.5 Å². The molecule has 1 nitrogen and oxygen atoms in total. The summed E-state index contributed by atoms with van der Waals surface area (Å²) >= 11 is 0. The summed E-state index contributed by atoms with van der Waals surface area (Å²) in [5.74, 6) is 0.271. The Morgan fingerprint density at radius 3 is 2.21 bits per heavy atom. The molecule has 0 saturated carbocycles. The van der Waals surface area contributed by atoms with E-state index in [0.29, 0.717) is 6.42 Å². The molecule has 0 aliphatic heterocycles. The van der Waals surface area contributed by atoms with E-state index < -0.39 is 0 Å². The summed E-state index contributed by atoms with van der Waals surface area (Å²) in [5.41, 5.74) is 4.46. The van der Waals surface area contributed by atoms with Gasteiger partial charge in [-0.3, -0.25) is 4.79 Å². The van der Waals surface area contributed by atoms with Gasteiger partial charge in [-0.1, -0.05) is 13.0 Å². The summed E-state index contributed by atoms with van der Waals surface area (Å²) in [5, 5.41) is 0. The summed E-state index contributed by atoms with van der Waals surface area (Å²) in [7, 11) is 0. The number of benzene rings is 1. The van der Waals surface area contributed by atoms with E-state index in [1.165, 1.54) is 11.1 Å². The highest BCUT2D eigenvalue weighted by Gasteiger charge is 2.09. The molecule has 0 radical (unpaired) electrons. The van der Waals surface area contributed by atoms with Crippen LogP contribution in [0.3, 0.4) is 0 Å². The van der Waals surface area contributed by atoms with Crippen molar-refractivity contribution in [3.63, 3.8) is 0 Å². The standard InChI is InChI=1S/C13H18O/c1-5-6-13(14)12-8-10(3)9(2)7-11(12)4/h7-8H,5-6H2,1-4H3. The van der Waals surface area contributed by atoms with Crippen LogP contribution in [0.5, 0.6) is 0 Å². The van der Waals surface area contributed by atoms with Gasteiger partial charge in [0, 0.05) is 12.0 Å². The monoisotopic (exact) mass is 190 g/mol. The van der Waals surface area contributed by atoms with E-state index in [1.54, 1.807) is 0 Å². The van der Waals surface area contributed by atoms with Crippen LogP contribution in [0, 0.1) is 20.8 Å². The Labute approximate surface area is 86.1 Å². The zero-order valence-electron chi connectivity index (χ0n) is 9.48. The first kappa shape index (κ1) is 11.0. The Hall–Kier alpha value is -1.11. The molecule has 1 rings (SSSR count). The molecule has 0 N–H and O–H groups in total. The third-order valence-corrected chi connectivity index (χ3v) is 2.62. The first-order valence-electron chi connectivity index (χ1n) is 5.17. The molecule has 0 fully saturated rings. The van der Waals surface area contributed by atoms with Gasteiger partial charge < -0.3 is 0 Å². The third kappa shape index (κ3) is 2.22. The summed E-state index contributed by atoms with van der Waals surface area (Å²) in [6.07, 6.45) is 1.58. The maximum atomic E-state index is 11.7. The van der Waals surface area contributed by atoms with E-state index in [9.17, 15) is 4.79 Å². The second kappa shape index (κ2) is 4.41. The largest absolute Gasteiger partial charge is 0.294 e. The van der Waals surface area contributed by atoms with Crippen molar-refractivity contribution in [2.45, 2.75) is 40.5 Å². The van der Waals surface area contributed by atoms with Crippen LogP contribution in [0.2, 0.25) is 0 Å². The molecule has 1 aromatic rings. The summed E-state index contributed by atoms with van der Waals surface area (Å²) in [4.78, 5) is 11.7. The average Bonchev–Trinajstić information content (AvgIpc) is 2.11. The van der Waals surface area contributed by atoms with E-state index in [-0.39, 0.29) is 5.78 Å². The van der Waals surface area contributed by atoms with Crippen molar-refractivity contribution in [3.8, 4) is 0 Å². The Balaban J connectivity index is 3.09. The van der Waals surface area contributed by atoms with Crippen molar-refractivity contribution < 1.29 is 4.79 Å². The smallest absolute Gasteiger partial charge is 0.163 e. The predicted molar refractivity (Wildman–Crippen MR) is 59.9 cm³/mol. The third-order valence-electron chi connectivity index (χ3n) is 2.62. The topological polar surface area (TPSA) is 17.1 Å².